The summed E-state index contributed by atoms with van der Waals surface area (Å²) >= 11 is 0. The maximum absolute atomic E-state index is 12.1. The molecule has 3 heteroatoms. The van der Waals surface area contributed by atoms with Crippen molar-refractivity contribution >= 4 is 11.6 Å². The minimum absolute atomic E-state index is 0.0445. The average molecular weight is 276 g/mol. The van der Waals surface area contributed by atoms with Gasteiger partial charge in [-0.1, -0.05) is 45.9 Å². The second-order valence-electron chi connectivity index (χ2n) is 6.48. The molecule has 0 saturated carbocycles. The van der Waals surface area contributed by atoms with Crippen molar-refractivity contribution in [3.05, 3.63) is 29.8 Å². The summed E-state index contributed by atoms with van der Waals surface area (Å²) in [5.74, 6) is 0.0445. The fourth-order valence-electron chi connectivity index (χ4n) is 2.03. The third-order valence-electron chi connectivity index (χ3n) is 3.50. The molecule has 1 rings (SSSR count). The van der Waals surface area contributed by atoms with Crippen LogP contribution < -0.4 is 10.6 Å². The van der Waals surface area contributed by atoms with Crippen molar-refractivity contribution in [1.29, 1.82) is 0 Å². The molecule has 0 spiro atoms. The van der Waals surface area contributed by atoms with Gasteiger partial charge in [-0.05, 0) is 37.3 Å². The number of hydrogen-bond acceptors (Lipinski definition) is 2. The highest BCUT2D eigenvalue weighted by molar-refractivity contribution is 5.84. The summed E-state index contributed by atoms with van der Waals surface area (Å²) in [4.78, 5) is 12.1. The van der Waals surface area contributed by atoms with Crippen LogP contribution in [0.1, 0.15) is 53.5 Å². The van der Waals surface area contributed by atoms with E-state index in [1.807, 2.05) is 32.0 Å². The van der Waals surface area contributed by atoms with Crippen LogP contribution in [0.25, 0.3) is 0 Å². The fraction of sp³-hybridized carbons (Fsp3) is 0.588. The highest BCUT2D eigenvalue weighted by Crippen LogP contribution is 2.29. The Morgan fingerprint density at radius 3 is 2.35 bits per heavy atom. The molecule has 0 bridgehead atoms. The van der Waals surface area contributed by atoms with Crippen molar-refractivity contribution in [3.63, 3.8) is 0 Å². The Hall–Kier alpha value is -1.51. The smallest absolute Gasteiger partial charge is 0.242 e. The van der Waals surface area contributed by atoms with Crippen LogP contribution in [0.3, 0.4) is 0 Å². The maximum Gasteiger partial charge on any atom is 0.242 e. The van der Waals surface area contributed by atoms with Crippen LogP contribution in [0.4, 0.5) is 5.69 Å². The molecule has 0 aliphatic carbocycles. The van der Waals surface area contributed by atoms with Crippen molar-refractivity contribution in [2.45, 2.75) is 65.5 Å². The van der Waals surface area contributed by atoms with Crippen molar-refractivity contribution in [3.8, 4) is 0 Å². The van der Waals surface area contributed by atoms with E-state index in [0.717, 1.165) is 12.1 Å². The first-order valence-electron chi connectivity index (χ1n) is 7.42. The van der Waals surface area contributed by atoms with E-state index in [1.54, 1.807) is 0 Å². The molecule has 1 aromatic carbocycles. The van der Waals surface area contributed by atoms with Gasteiger partial charge in [-0.2, -0.15) is 0 Å². The van der Waals surface area contributed by atoms with Gasteiger partial charge in [-0.25, -0.2) is 0 Å². The molecule has 0 saturated heterocycles. The summed E-state index contributed by atoms with van der Waals surface area (Å²) in [6, 6.07) is 8.15. The normalized spacial score (nSPS) is 14.5. The fourth-order valence-corrected chi connectivity index (χ4v) is 2.03. The third kappa shape index (κ3) is 4.55. The summed E-state index contributed by atoms with van der Waals surface area (Å²) in [7, 11) is 0. The molecule has 3 nitrogen and oxygen atoms in total. The van der Waals surface area contributed by atoms with Crippen LogP contribution in [-0.4, -0.2) is 18.0 Å². The van der Waals surface area contributed by atoms with Gasteiger partial charge in [0.25, 0.3) is 0 Å². The first kappa shape index (κ1) is 16.5. The lowest BCUT2D eigenvalue weighted by molar-refractivity contribution is -0.122. The van der Waals surface area contributed by atoms with E-state index in [-0.39, 0.29) is 23.4 Å². The van der Waals surface area contributed by atoms with Crippen molar-refractivity contribution < 1.29 is 4.79 Å². The molecule has 0 fully saturated rings. The number of anilines is 1. The molecule has 2 atom stereocenters. The van der Waals surface area contributed by atoms with Gasteiger partial charge < -0.3 is 10.6 Å². The molecule has 20 heavy (non-hydrogen) atoms. The lowest BCUT2D eigenvalue weighted by atomic mass is 9.85. The summed E-state index contributed by atoms with van der Waals surface area (Å²) in [5.41, 5.74) is 2.31. The number of rotatable bonds is 5. The lowest BCUT2D eigenvalue weighted by Gasteiger charge is -2.25. The molecule has 2 unspecified atom stereocenters. The molecule has 1 aromatic rings. The zero-order chi connectivity index (χ0) is 15.3. The van der Waals surface area contributed by atoms with Crippen LogP contribution in [0.15, 0.2) is 24.3 Å². The van der Waals surface area contributed by atoms with Crippen LogP contribution in [0.2, 0.25) is 0 Å². The van der Waals surface area contributed by atoms with Crippen LogP contribution in [-0.2, 0) is 10.2 Å². The molecule has 0 aliphatic heterocycles. The molecule has 0 radical (unpaired) electrons. The second kappa shape index (κ2) is 6.78. The molecule has 0 heterocycles. The van der Waals surface area contributed by atoms with E-state index in [2.05, 4.69) is 44.4 Å². The lowest BCUT2D eigenvalue weighted by Crippen LogP contribution is -2.42. The van der Waals surface area contributed by atoms with Crippen molar-refractivity contribution in [1.82, 2.24) is 5.32 Å². The summed E-state index contributed by atoms with van der Waals surface area (Å²) < 4.78 is 0. The van der Waals surface area contributed by atoms with E-state index >= 15 is 0 Å². The summed E-state index contributed by atoms with van der Waals surface area (Å²) in [6.45, 7) is 12.5. The molecule has 0 aliphatic rings. The van der Waals surface area contributed by atoms with Gasteiger partial charge in [0.2, 0.25) is 5.91 Å². The van der Waals surface area contributed by atoms with Gasteiger partial charge >= 0.3 is 0 Å². The highest BCUT2D eigenvalue weighted by Gasteiger charge is 2.20. The van der Waals surface area contributed by atoms with Gasteiger partial charge in [0.1, 0.15) is 6.04 Å². The Bertz CT molecular complexity index is 449. The topological polar surface area (TPSA) is 41.1 Å². The van der Waals surface area contributed by atoms with E-state index in [1.165, 1.54) is 5.56 Å². The Morgan fingerprint density at radius 1 is 1.20 bits per heavy atom. The zero-order valence-electron chi connectivity index (χ0n) is 13.6. The van der Waals surface area contributed by atoms with Crippen molar-refractivity contribution in [2.24, 2.45) is 0 Å². The van der Waals surface area contributed by atoms with Crippen LogP contribution in [0, 0.1) is 0 Å². The Balaban J connectivity index is 2.81. The van der Waals surface area contributed by atoms with E-state index in [0.29, 0.717) is 0 Å². The van der Waals surface area contributed by atoms with Gasteiger partial charge in [-0.15, -0.1) is 0 Å². The number of hydrogen-bond donors (Lipinski definition) is 2. The van der Waals surface area contributed by atoms with Gasteiger partial charge in [0.15, 0.2) is 0 Å². The zero-order valence-corrected chi connectivity index (χ0v) is 13.6. The largest absolute Gasteiger partial charge is 0.374 e. The van der Waals surface area contributed by atoms with Crippen LogP contribution in [0.5, 0.6) is 0 Å². The Morgan fingerprint density at radius 2 is 1.80 bits per heavy atom. The van der Waals surface area contributed by atoms with Crippen LogP contribution >= 0.6 is 0 Å². The number of amides is 1. The number of benzene rings is 1. The Labute approximate surface area is 123 Å². The average Bonchev–Trinajstić information content (AvgIpc) is 2.37. The highest BCUT2D eigenvalue weighted by atomic mass is 16.2. The standard InChI is InChI=1S/C17H28N2O/c1-7-12(2)18-16(20)13(3)19-15-11-9-8-10-14(15)17(4,5)6/h8-13,19H,7H2,1-6H3,(H,18,20). The number of carbonyl (C=O) groups excluding carboxylic acids is 1. The first-order valence-corrected chi connectivity index (χ1v) is 7.42. The third-order valence-corrected chi connectivity index (χ3v) is 3.50. The number of nitrogens with one attached hydrogen (secondary N) is 2. The maximum atomic E-state index is 12.1. The SMILES string of the molecule is CCC(C)NC(=O)C(C)Nc1ccccc1C(C)(C)C. The molecular formula is C17H28N2O. The minimum Gasteiger partial charge on any atom is -0.374 e. The molecule has 1 amide bonds. The molecule has 0 aromatic heterocycles. The van der Waals surface area contributed by atoms with Gasteiger partial charge in [-0.3, -0.25) is 4.79 Å². The van der Waals surface area contributed by atoms with E-state index in [4.69, 9.17) is 0 Å². The molecular weight excluding hydrogens is 248 g/mol. The molecule has 112 valence electrons. The second-order valence-corrected chi connectivity index (χ2v) is 6.48. The Kier molecular flexibility index (Phi) is 5.61. The first-order chi connectivity index (χ1) is 9.25. The minimum atomic E-state index is -0.243. The van der Waals surface area contributed by atoms with E-state index in [9.17, 15) is 4.79 Å². The van der Waals surface area contributed by atoms with Gasteiger partial charge in [0.05, 0.1) is 0 Å². The predicted octanol–water partition coefficient (Wildman–Crippen LogP) is 3.70. The molecule has 2 N–H and O–H groups in total. The van der Waals surface area contributed by atoms with Gasteiger partial charge in [0, 0.05) is 11.7 Å². The van der Waals surface area contributed by atoms with E-state index < -0.39 is 0 Å². The number of para-hydroxylation sites is 1. The number of carbonyl (C=O) groups is 1. The monoisotopic (exact) mass is 276 g/mol. The van der Waals surface area contributed by atoms with Crippen molar-refractivity contribution in [2.75, 3.05) is 5.32 Å². The predicted molar refractivity (Wildman–Crippen MR) is 86.1 cm³/mol. The summed E-state index contributed by atoms with van der Waals surface area (Å²) in [5, 5.41) is 6.34. The quantitative estimate of drug-likeness (QED) is 0.861. The summed E-state index contributed by atoms with van der Waals surface area (Å²) in [6.07, 6.45) is 0.942.